The highest BCUT2D eigenvalue weighted by molar-refractivity contribution is 6.30. The van der Waals surface area contributed by atoms with Crippen LogP contribution in [0.5, 0.6) is 0 Å². The third-order valence-corrected chi connectivity index (χ3v) is 4.39. The topological polar surface area (TPSA) is 68.0 Å². The van der Waals surface area contributed by atoms with Crippen LogP contribution < -0.4 is 5.32 Å². The van der Waals surface area contributed by atoms with Crippen LogP contribution in [0, 0.1) is 0 Å². The molecule has 138 valence electrons. The summed E-state index contributed by atoms with van der Waals surface area (Å²) in [5, 5.41) is 11.7. The van der Waals surface area contributed by atoms with Crippen LogP contribution in [0.25, 0.3) is 22.9 Å². The minimum atomic E-state index is -0.0979. The minimum Gasteiger partial charge on any atom is -0.416 e. The lowest BCUT2D eigenvalue weighted by atomic mass is 10.1. The molecule has 4 aromatic rings. The molecule has 0 unspecified atom stereocenters. The summed E-state index contributed by atoms with van der Waals surface area (Å²) >= 11 is 5.86. The Balaban J connectivity index is 1.42. The number of anilines is 1. The average molecular weight is 390 g/mol. The highest BCUT2D eigenvalue weighted by Crippen LogP contribution is 2.24. The van der Waals surface area contributed by atoms with Gasteiger partial charge in [-0.1, -0.05) is 41.9 Å². The summed E-state index contributed by atoms with van der Waals surface area (Å²) in [7, 11) is 0. The smallest absolute Gasteiger partial charge is 0.248 e. The summed E-state index contributed by atoms with van der Waals surface area (Å²) in [4.78, 5) is 12.2. The van der Waals surface area contributed by atoms with Gasteiger partial charge in [-0.05, 0) is 54.1 Å². The van der Waals surface area contributed by atoms with Gasteiger partial charge in [-0.3, -0.25) is 4.79 Å². The second kappa shape index (κ2) is 8.06. The van der Waals surface area contributed by atoms with Crippen molar-refractivity contribution in [3.63, 3.8) is 0 Å². The zero-order chi connectivity index (χ0) is 19.3. The van der Waals surface area contributed by atoms with Crippen molar-refractivity contribution in [1.29, 1.82) is 0 Å². The molecule has 1 N–H and O–H groups in total. The number of rotatable bonds is 5. The molecule has 0 aliphatic heterocycles. The summed E-state index contributed by atoms with van der Waals surface area (Å²) in [6.07, 6.45) is 0.281. The predicted molar refractivity (Wildman–Crippen MR) is 109 cm³/mol. The molecule has 0 atom stereocenters. The van der Waals surface area contributed by atoms with Gasteiger partial charge in [0.1, 0.15) is 0 Å². The lowest BCUT2D eigenvalue weighted by Gasteiger charge is -2.06. The van der Waals surface area contributed by atoms with Gasteiger partial charge in [0.05, 0.1) is 6.42 Å². The first kappa shape index (κ1) is 17.9. The highest BCUT2D eigenvalue weighted by Gasteiger charge is 2.11. The van der Waals surface area contributed by atoms with Crippen LogP contribution >= 0.6 is 11.6 Å². The SMILES string of the molecule is O=C(Cc1ccc(Cl)cc1)Nc1ccc(-c2nnc(-c3ccccc3)o2)cc1. The van der Waals surface area contributed by atoms with Crippen molar-refractivity contribution >= 4 is 23.2 Å². The monoisotopic (exact) mass is 389 g/mol. The van der Waals surface area contributed by atoms with Crippen LogP contribution in [0.4, 0.5) is 5.69 Å². The molecule has 0 saturated carbocycles. The molecule has 28 heavy (non-hydrogen) atoms. The largest absolute Gasteiger partial charge is 0.416 e. The van der Waals surface area contributed by atoms with Crippen LogP contribution in [-0.2, 0) is 11.2 Å². The van der Waals surface area contributed by atoms with Crippen molar-refractivity contribution in [3.05, 3.63) is 89.4 Å². The van der Waals surface area contributed by atoms with Crippen molar-refractivity contribution in [3.8, 4) is 22.9 Å². The van der Waals surface area contributed by atoms with Gasteiger partial charge in [-0.25, -0.2) is 0 Å². The van der Waals surface area contributed by atoms with Gasteiger partial charge in [-0.2, -0.15) is 0 Å². The summed E-state index contributed by atoms with van der Waals surface area (Å²) in [5.74, 6) is 0.799. The Morgan fingerprint density at radius 3 is 2.07 bits per heavy atom. The van der Waals surface area contributed by atoms with Gasteiger partial charge in [-0.15, -0.1) is 10.2 Å². The fourth-order valence-electron chi connectivity index (χ4n) is 2.73. The quantitative estimate of drug-likeness (QED) is 0.507. The van der Waals surface area contributed by atoms with Crippen molar-refractivity contribution in [1.82, 2.24) is 10.2 Å². The van der Waals surface area contributed by atoms with E-state index < -0.39 is 0 Å². The Bertz CT molecular complexity index is 1070. The van der Waals surface area contributed by atoms with Gasteiger partial charge in [0.15, 0.2) is 0 Å². The lowest BCUT2D eigenvalue weighted by Crippen LogP contribution is -2.14. The Kier molecular flexibility index (Phi) is 5.17. The third kappa shape index (κ3) is 4.27. The Morgan fingerprint density at radius 1 is 0.821 bits per heavy atom. The molecule has 1 heterocycles. The van der Waals surface area contributed by atoms with Crippen molar-refractivity contribution in [2.24, 2.45) is 0 Å². The zero-order valence-corrected chi connectivity index (χ0v) is 15.6. The van der Waals surface area contributed by atoms with Gasteiger partial charge in [0.2, 0.25) is 17.7 Å². The molecule has 0 aliphatic carbocycles. The Labute approximate surface area is 167 Å². The average Bonchev–Trinajstić information content (AvgIpc) is 3.21. The Hall–Kier alpha value is -3.44. The number of hydrogen-bond donors (Lipinski definition) is 1. The fourth-order valence-corrected chi connectivity index (χ4v) is 2.85. The van der Waals surface area contributed by atoms with E-state index in [-0.39, 0.29) is 12.3 Å². The molecule has 4 rings (SSSR count). The molecule has 5 nitrogen and oxygen atoms in total. The molecule has 0 radical (unpaired) electrons. The standard InChI is InChI=1S/C22H16ClN3O2/c23-18-10-6-15(7-11-18)14-20(27)24-19-12-8-17(9-13-19)22-26-25-21(28-22)16-4-2-1-3-5-16/h1-13H,14H2,(H,24,27). The van der Waals surface area contributed by atoms with Crippen molar-refractivity contribution in [2.45, 2.75) is 6.42 Å². The van der Waals surface area contributed by atoms with Gasteiger partial charge >= 0.3 is 0 Å². The highest BCUT2D eigenvalue weighted by atomic mass is 35.5. The fraction of sp³-hybridized carbons (Fsp3) is 0.0455. The number of benzene rings is 3. The molecule has 0 fully saturated rings. The van der Waals surface area contributed by atoms with Gasteiger partial charge in [0.25, 0.3) is 0 Å². The van der Waals surface area contributed by atoms with Crippen LogP contribution in [0.15, 0.2) is 83.3 Å². The van der Waals surface area contributed by atoms with Crippen LogP contribution in [0.1, 0.15) is 5.56 Å². The number of amides is 1. The van der Waals surface area contributed by atoms with E-state index in [4.69, 9.17) is 16.0 Å². The first-order valence-electron chi connectivity index (χ1n) is 8.71. The number of aromatic nitrogens is 2. The van der Waals surface area contributed by atoms with Crippen LogP contribution in [-0.4, -0.2) is 16.1 Å². The second-order valence-corrected chi connectivity index (χ2v) is 6.64. The first-order chi connectivity index (χ1) is 13.7. The number of halogens is 1. The number of nitrogens with one attached hydrogen (secondary N) is 1. The lowest BCUT2D eigenvalue weighted by molar-refractivity contribution is -0.115. The normalized spacial score (nSPS) is 10.6. The van der Waals surface area contributed by atoms with E-state index in [1.165, 1.54) is 0 Å². The van der Waals surface area contributed by atoms with Crippen LogP contribution in [0.2, 0.25) is 5.02 Å². The maximum Gasteiger partial charge on any atom is 0.248 e. The predicted octanol–water partition coefficient (Wildman–Crippen LogP) is 5.24. The number of carbonyl (C=O) groups excluding carboxylic acids is 1. The van der Waals surface area contributed by atoms with Gasteiger partial charge < -0.3 is 9.73 Å². The zero-order valence-electron chi connectivity index (χ0n) is 14.8. The second-order valence-electron chi connectivity index (χ2n) is 6.21. The number of hydrogen-bond acceptors (Lipinski definition) is 4. The van der Waals surface area contributed by atoms with E-state index in [0.29, 0.717) is 22.5 Å². The molecular weight excluding hydrogens is 374 g/mol. The van der Waals surface area contributed by atoms with Crippen molar-refractivity contribution < 1.29 is 9.21 Å². The summed E-state index contributed by atoms with van der Waals surface area (Å²) < 4.78 is 5.75. The Morgan fingerprint density at radius 2 is 1.43 bits per heavy atom. The van der Waals surface area contributed by atoms with E-state index in [1.54, 1.807) is 12.1 Å². The molecular formula is C22H16ClN3O2. The first-order valence-corrected chi connectivity index (χ1v) is 9.09. The molecule has 3 aromatic carbocycles. The maximum absolute atomic E-state index is 12.2. The molecule has 0 saturated heterocycles. The molecule has 0 spiro atoms. The number of carbonyl (C=O) groups is 1. The minimum absolute atomic E-state index is 0.0979. The van der Waals surface area contributed by atoms with E-state index in [2.05, 4.69) is 15.5 Å². The summed E-state index contributed by atoms with van der Waals surface area (Å²) in [6.45, 7) is 0. The van der Waals surface area contributed by atoms with Crippen LogP contribution in [0.3, 0.4) is 0 Å². The third-order valence-electron chi connectivity index (χ3n) is 4.14. The molecule has 0 aliphatic rings. The summed E-state index contributed by atoms with van der Waals surface area (Å²) in [5.41, 5.74) is 3.25. The van der Waals surface area contributed by atoms with E-state index >= 15 is 0 Å². The van der Waals surface area contributed by atoms with Crippen molar-refractivity contribution in [2.75, 3.05) is 5.32 Å². The molecule has 1 aromatic heterocycles. The molecule has 6 heteroatoms. The summed E-state index contributed by atoms with van der Waals surface area (Å²) in [6, 6.07) is 24.1. The molecule has 1 amide bonds. The van der Waals surface area contributed by atoms with Gasteiger partial charge in [0, 0.05) is 21.8 Å². The van der Waals surface area contributed by atoms with E-state index in [0.717, 1.165) is 16.7 Å². The maximum atomic E-state index is 12.2. The van der Waals surface area contributed by atoms with E-state index in [1.807, 2.05) is 66.7 Å². The van der Waals surface area contributed by atoms with E-state index in [9.17, 15) is 4.79 Å². The molecule has 0 bridgehead atoms. The number of nitrogens with zero attached hydrogens (tertiary/aromatic N) is 2.